The summed E-state index contributed by atoms with van der Waals surface area (Å²) < 4.78 is 0. The largest absolute Gasteiger partial charge is 0.367 e. The van der Waals surface area contributed by atoms with Crippen LogP contribution in [0.3, 0.4) is 0 Å². The minimum absolute atomic E-state index is 0.00643. The number of hydrogen-bond donors (Lipinski definition) is 0. The molecule has 0 spiro atoms. The van der Waals surface area contributed by atoms with Crippen LogP contribution in [0.1, 0.15) is 65.7 Å². The van der Waals surface area contributed by atoms with Crippen LogP contribution >= 0.6 is 11.8 Å². The fourth-order valence-electron chi connectivity index (χ4n) is 5.42. The predicted molar refractivity (Wildman–Crippen MR) is 155 cm³/mol. The molecule has 4 rings (SSSR count). The van der Waals surface area contributed by atoms with Crippen molar-refractivity contribution in [1.29, 1.82) is 0 Å². The highest BCUT2D eigenvalue weighted by Gasteiger charge is 2.31. The zero-order chi connectivity index (χ0) is 26.1. The average Bonchev–Trinajstić information content (AvgIpc) is 2.81. The Labute approximate surface area is 221 Å². The highest BCUT2D eigenvalue weighted by molar-refractivity contribution is 7.99. The van der Waals surface area contributed by atoms with Gasteiger partial charge in [-0.2, -0.15) is 0 Å². The number of rotatable bonds is 7. The lowest BCUT2D eigenvalue weighted by Gasteiger charge is -2.37. The summed E-state index contributed by atoms with van der Waals surface area (Å²) >= 11 is 1.76. The van der Waals surface area contributed by atoms with Gasteiger partial charge in [0.1, 0.15) is 0 Å². The molecule has 190 valence electrons. The van der Waals surface area contributed by atoms with Gasteiger partial charge in [-0.05, 0) is 104 Å². The van der Waals surface area contributed by atoms with Crippen LogP contribution in [0.5, 0.6) is 0 Å². The SMILES string of the molecule is CC(C)N(c1ccc2c(c1)Sc1cc(N(C(C)C)C(C)C)ccc1N2C(=O)c1ccccc1)C(C)C. The van der Waals surface area contributed by atoms with Gasteiger partial charge >= 0.3 is 0 Å². The zero-order valence-electron chi connectivity index (χ0n) is 22.8. The van der Waals surface area contributed by atoms with Crippen molar-refractivity contribution in [2.24, 2.45) is 0 Å². The van der Waals surface area contributed by atoms with Gasteiger partial charge in [0.2, 0.25) is 0 Å². The second kappa shape index (κ2) is 10.6. The highest BCUT2D eigenvalue weighted by Crippen LogP contribution is 2.51. The van der Waals surface area contributed by atoms with Crippen LogP contribution in [0.2, 0.25) is 0 Å². The fraction of sp³-hybridized carbons (Fsp3) is 0.387. The van der Waals surface area contributed by atoms with E-state index in [1.165, 1.54) is 11.4 Å². The van der Waals surface area contributed by atoms with Crippen LogP contribution in [-0.4, -0.2) is 30.1 Å². The topological polar surface area (TPSA) is 26.8 Å². The molecule has 0 atom stereocenters. The number of carbonyl (C=O) groups is 1. The molecule has 3 aromatic carbocycles. The van der Waals surface area contributed by atoms with Crippen molar-refractivity contribution in [2.75, 3.05) is 14.7 Å². The van der Waals surface area contributed by atoms with Gasteiger partial charge < -0.3 is 9.80 Å². The van der Waals surface area contributed by atoms with Crippen molar-refractivity contribution >= 4 is 40.4 Å². The average molecular weight is 502 g/mol. The third kappa shape index (κ3) is 4.99. The second-order valence-corrected chi connectivity index (χ2v) is 11.7. The van der Waals surface area contributed by atoms with E-state index in [9.17, 15) is 4.79 Å². The van der Waals surface area contributed by atoms with Gasteiger partial charge in [-0.1, -0.05) is 30.0 Å². The first-order chi connectivity index (χ1) is 17.1. The maximum atomic E-state index is 13.9. The molecule has 0 N–H and O–H groups in total. The van der Waals surface area contributed by atoms with Gasteiger partial charge in [-0.25, -0.2) is 0 Å². The lowest BCUT2D eigenvalue weighted by Crippen LogP contribution is -2.37. The number of hydrogen-bond acceptors (Lipinski definition) is 4. The lowest BCUT2D eigenvalue weighted by molar-refractivity contribution is 0.0998. The molecule has 0 unspecified atom stereocenters. The molecule has 0 radical (unpaired) electrons. The molecule has 1 heterocycles. The van der Waals surface area contributed by atoms with Crippen molar-refractivity contribution < 1.29 is 4.79 Å². The summed E-state index contributed by atoms with van der Waals surface area (Å²) in [5.74, 6) is -0.00643. The summed E-state index contributed by atoms with van der Waals surface area (Å²) in [6.07, 6.45) is 0. The van der Waals surface area contributed by atoms with Crippen LogP contribution in [0.15, 0.2) is 76.5 Å². The Kier molecular flexibility index (Phi) is 7.70. The molecule has 0 bridgehead atoms. The van der Waals surface area contributed by atoms with Gasteiger partial charge in [0, 0.05) is 50.9 Å². The Morgan fingerprint density at radius 1 is 0.639 bits per heavy atom. The molecule has 5 heteroatoms. The van der Waals surface area contributed by atoms with E-state index in [1.807, 2.05) is 35.2 Å². The Balaban J connectivity index is 1.87. The van der Waals surface area contributed by atoms with E-state index in [0.717, 1.165) is 21.2 Å². The number of fused-ring (bicyclic) bond motifs is 2. The molecule has 4 nitrogen and oxygen atoms in total. The molecule has 0 fully saturated rings. The molecule has 3 aromatic rings. The van der Waals surface area contributed by atoms with Crippen LogP contribution in [0.25, 0.3) is 0 Å². The normalized spacial score (nSPS) is 12.8. The van der Waals surface area contributed by atoms with E-state index >= 15 is 0 Å². The zero-order valence-corrected chi connectivity index (χ0v) is 23.6. The minimum Gasteiger partial charge on any atom is -0.367 e. The Morgan fingerprint density at radius 3 is 1.44 bits per heavy atom. The summed E-state index contributed by atoms with van der Waals surface area (Å²) in [7, 11) is 0. The summed E-state index contributed by atoms with van der Waals surface area (Å²) in [5, 5.41) is 0. The third-order valence-electron chi connectivity index (χ3n) is 6.63. The van der Waals surface area contributed by atoms with Crippen molar-refractivity contribution in [2.45, 2.75) is 89.3 Å². The molecule has 0 aliphatic carbocycles. The van der Waals surface area contributed by atoms with Crippen molar-refractivity contribution in [3.63, 3.8) is 0 Å². The standard InChI is InChI=1S/C31H39N3OS/c1-20(2)32(21(3)4)25-14-16-27-29(18-25)36-30-19-26(33(22(5)6)23(7)8)15-17-28(30)34(27)31(35)24-12-10-9-11-13-24/h9-23H,1-8H3. The number of anilines is 4. The van der Waals surface area contributed by atoms with Crippen LogP contribution < -0.4 is 14.7 Å². The second-order valence-electron chi connectivity index (χ2n) is 10.6. The molecule has 0 aromatic heterocycles. The van der Waals surface area contributed by atoms with Gasteiger partial charge in [-0.15, -0.1) is 0 Å². The number of benzene rings is 3. The number of amides is 1. The van der Waals surface area contributed by atoms with E-state index in [0.29, 0.717) is 29.7 Å². The molecule has 1 aliphatic rings. The molecular weight excluding hydrogens is 462 g/mol. The molecule has 1 amide bonds. The molecule has 1 aliphatic heterocycles. The van der Waals surface area contributed by atoms with E-state index in [1.54, 1.807) is 11.8 Å². The van der Waals surface area contributed by atoms with E-state index in [4.69, 9.17) is 0 Å². The highest BCUT2D eigenvalue weighted by atomic mass is 32.2. The molecule has 36 heavy (non-hydrogen) atoms. The molecular formula is C31H39N3OS. The first-order valence-corrected chi connectivity index (χ1v) is 13.8. The summed E-state index contributed by atoms with van der Waals surface area (Å²) in [5.41, 5.74) is 4.93. The quantitative estimate of drug-likeness (QED) is 0.325. The molecule has 0 saturated heterocycles. The number of carbonyl (C=O) groups excluding carboxylic acids is 1. The van der Waals surface area contributed by atoms with Crippen LogP contribution in [-0.2, 0) is 0 Å². The summed E-state index contributed by atoms with van der Waals surface area (Å²) in [4.78, 5) is 22.9. The first kappa shape index (κ1) is 26.2. The Hall–Kier alpha value is -2.92. The van der Waals surface area contributed by atoms with E-state index in [2.05, 4.69) is 102 Å². The maximum Gasteiger partial charge on any atom is 0.262 e. The van der Waals surface area contributed by atoms with Gasteiger partial charge in [-0.3, -0.25) is 9.69 Å². The van der Waals surface area contributed by atoms with Crippen molar-refractivity contribution in [3.05, 3.63) is 72.3 Å². The smallest absolute Gasteiger partial charge is 0.262 e. The monoisotopic (exact) mass is 501 g/mol. The van der Waals surface area contributed by atoms with Crippen molar-refractivity contribution in [3.8, 4) is 0 Å². The van der Waals surface area contributed by atoms with Crippen LogP contribution in [0, 0.1) is 0 Å². The maximum absolute atomic E-state index is 13.9. The first-order valence-electron chi connectivity index (χ1n) is 13.0. The Morgan fingerprint density at radius 2 is 1.06 bits per heavy atom. The predicted octanol–water partition coefficient (Wildman–Crippen LogP) is 8.38. The fourth-order valence-corrected chi connectivity index (χ4v) is 6.55. The van der Waals surface area contributed by atoms with Gasteiger partial charge in [0.15, 0.2) is 0 Å². The number of nitrogens with zero attached hydrogens (tertiary/aromatic N) is 3. The van der Waals surface area contributed by atoms with E-state index in [-0.39, 0.29) is 5.91 Å². The van der Waals surface area contributed by atoms with Gasteiger partial charge in [0.05, 0.1) is 11.4 Å². The van der Waals surface area contributed by atoms with E-state index < -0.39 is 0 Å². The molecule has 0 saturated carbocycles. The lowest BCUT2D eigenvalue weighted by atomic mass is 10.1. The Bertz CT molecular complexity index is 1130. The van der Waals surface area contributed by atoms with Crippen molar-refractivity contribution in [1.82, 2.24) is 0 Å². The third-order valence-corrected chi connectivity index (χ3v) is 7.73. The van der Waals surface area contributed by atoms with Crippen LogP contribution in [0.4, 0.5) is 22.7 Å². The minimum atomic E-state index is -0.00643. The van der Waals surface area contributed by atoms with Gasteiger partial charge in [0.25, 0.3) is 5.91 Å². The summed E-state index contributed by atoms with van der Waals surface area (Å²) in [6, 6.07) is 24.1. The summed E-state index contributed by atoms with van der Waals surface area (Å²) in [6.45, 7) is 17.8.